The molecule has 0 atom stereocenters. The van der Waals surface area contributed by atoms with E-state index in [9.17, 15) is 18.0 Å². The lowest BCUT2D eigenvalue weighted by Crippen LogP contribution is -2.48. The highest BCUT2D eigenvalue weighted by Crippen LogP contribution is 2.29. The average Bonchev–Trinajstić information content (AvgIpc) is 3.37. The molecule has 12 heteroatoms. The van der Waals surface area contributed by atoms with Crippen LogP contribution in [0.15, 0.2) is 35.0 Å². The Morgan fingerprint density at radius 3 is 2.45 bits per heavy atom. The first kappa shape index (κ1) is 19.6. The molecule has 3 aromatic heterocycles. The van der Waals surface area contributed by atoms with Crippen molar-refractivity contribution < 1.29 is 22.5 Å². The van der Waals surface area contributed by atoms with E-state index < -0.39 is 12.1 Å². The fourth-order valence-electron chi connectivity index (χ4n) is 2.88. The smallest absolute Gasteiger partial charge is 0.353 e. The summed E-state index contributed by atoms with van der Waals surface area (Å²) in [5.74, 6) is -0.979. The Balaban J connectivity index is 1.39. The third kappa shape index (κ3) is 4.20. The molecule has 3 aromatic rings. The summed E-state index contributed by atoms with van der Waals surface area (Å²) in [5, 5.41) is 3.34. The third-order valence-electron chi connectivity index (χ3n) is 4.35. The zero-order valence-electron chi connectivity index (χ0n) is 14.7. The van der Waals surface area contributed by atoms with E-state index in [2.05, 4.69) is 19.6 Å². The van der Waals surface area contributed by atoms with Crippen LogP contribution in [-0.2, 0) is 6.18 Å². The number of pyridine rings is 1. The van der Waals surface area contributed by atoms with Gasteiger partial charge >= 0.3 is 12.1 Å². The molecule has 4 heterocycles. The molecule has 0 N–H and O–H groups in total. The highest BCUT2D eigenvalue weighted by atomic mass is 35.5. The largest absolute Gasteiger partial charge is 0.471 e. The molecule has 0 aromatic carbocycles. The van der Waals surface area contributed by atoms with E-state index in [1.54, 1.807) is 29.2 Å². The van der Waals surface area contributed by atoms with Crippen LogP contribution in [-0.4, -0.2) is 52.1 Å². The zero-order chi connectivity index (χ0) is 20.6. The van der Waals surface area contributed by atoms with Crippen molar-refractivity contribution in [2.24, 2.45) is 0 Å². The predicted octanol–water partition coefficient (Wildman–Crippen LogP) is 3.83. The quantitative estimate of drug-likeness (QED) is 0.612. The number of anilines is 1. The Labute approximate surface area is 171 Å². The van der Waals surface area contributed by atoms with E-state index in [1.165, 1.54) is 17.5 Å². The maximum Gasteiger partial charge on any atom is 0.471 e. The first-order valence-corrected chi connectivity index (χ1v) is 9.67. The van der Waals surface area contributed by atoms with E-state index >= 15 is 0 Å². The van der Waals surface area contributed by atoms with Crippen LogP contribution in [0, 0.1) is 0 Å². The van der Waals surface area contributed by atoms with Crippen LogP contribution in [0.5, 0.6) is 0 Å². The SMILES string of the molecule is O=C(c1ccc(Cl)s1)N1CCN(c2ccc(-c3noc(C(F)(F)F)n3)cn2)CC1. The molecular formula is C17H13ClF3N5O2S. The van der Waals surface area contributed by atoms with Gasteiger partial charge in [0.05, 0.1) is 9.21 Å². The van der Waals surface area contributed by atoms with Crippen molar-refractivity contribution in [1.29, 1.82) is 0 Å². The number of piperazine rings is 1. The molecule has 0 aliphatic carbocycles. The number of nitrogens with zero attached hydrogens (tertiary/aromatic N) is 5. The number of aromatic nitrogens is 3. The Hall–Kier alpha value is -2.66. The van der Waals surface area contributed by atoms with E-state index in [-0.39, 0.29) is 11.7 Å². The predicted molar refractivity (Wildman–Crippen MR) is 100.0 cm³/mol. The van der Waals surface area contributed by atoms with Crippen molar-refractivity contribution in [2.45, 2.75) is 6.18 Å². The minimum Gasteiger partial charge on any atom is -0.353 e. The monoisotopic (exact) mass is 443 g/mol. The number of carbonyl (C=O) groups excluding carboxylic acids is 1. The molecule has 7 nitrogen and oxygen atoms in total. The van der Waals surface area contributed by atoms with Crippen LogP contribution >= 0.6 is 22.9 Å². The molecule has 0 unspecified atom stereocenters. The number of hydrogen-bond donors (Lipinski definition) is 0. The van der Waals surface area contributed by atoms with E-state index in [1.807, 2.05) is 4.90 Å². The Bertz CT molecular complexity index is 1010. The maximum atomic E-state index is 12.6. The van der Waals surface area contributed by atoms with Crippen molar-refractivity contribution in [3.8, 4) is 11.4 Å². The van der Waals surface area contributed by atoms with Crippen molar-refractivity contribution in [2.75, 3.05) is 31.1 Å². The summed E-state index contributed by atoms with van der Waals surface area (Å²) in [7, 11) is 0. The molecular weight excluding hydrogens is 431 g/mol. The highest BCUT2D eigenvalue weighted by Gasteiger charge is 2.38. The van der Waals surface area contributed by atoms with Gasteiger partial charge in [0.15, 0.2) is 0 Å². The fraction of sp³-hybridized carbons (Fsp3) is 0.294. The molecule has 0 saturated carbocycles. The molecule has 0 radical (unpaired) electrons. The summed E-state index contributed by atoms with van der Waals surface area (Å²) in [5.41, 5.74) is 0.316. The normalized spacial score (nSPS) is 15.0. The lowest BCUT2D eigenvalue weighted by Gasteiger charge is -2.35. The minimum absolute atomic E-state index is 0.0533. The highest BCUT2D eigenvalue weighted by molar-refractivity contribution is 7.17. The van der Waals surface area contributed by atoms with E-state index in [4.69, 9.17) is 11.6 Å². The van der Waals surface area contributed by atoms with Crippen LogP contribution < -0.4 is 4.90 Å². The van der Waals surface area contributed by atoms with Gasteiger partial charge in [-0.25, -0.2) is 4.98 Å². The van der Waals surface area contributed by atoms with Gasteiger partial charge in [-0.2, -0.15) is 18.2 Å². The molecule has 1 amide bonds. The molecule has 152 valence electrons. The van der Waals surface area contributed by atoms with Crippen molar-refractivity contribution in [1.82, 2.24) is 20.0 Å². The van der Waals surface area contributed by atoms with Crippen LogP contribution in [0.2, 0.25) is 4.34 Å². The number of amides is 1. The lowest BCUT2D eigenvalue weighted by atomic mass is 10.2. The molecule has 1 saturated heterocycles. The Morgan fingerprint density at radius 2 is 1.90 bits per heavy atom. The molecule has 1 aliphatic heterocycles. The topological polar surface area (TPSA) is 75.4 Å². The second kappa shape index (κ2) is 7.64. The van der Waals surface area contributed by atoms with E-state index in [0.29, 0.717) is 46.8 Å². The molecule has 0 spiro atoms. The van der Waals surface area contributed by atoms with Crippen LogP contribution in [0.25, 0.3) is 11.4 Å². The van der Waals surface area contributed by atoms with Gasteiger partial charge in [0.1, 0.15) is 5.82 Å². The van der Waals surface area contributed by atoms with Gasteiger partial charge in [-0.15, -0.1) is 11.3 Å². The zero-order valence-corrected chi connectivity index (χ0v) is 16.3. The standard InChI is InChI=1S/C17H13ClF3N5O2S/c18-12-3-2-11(29-12)15(27)26-7-5-25(6-8-26)13-4-1-10(9-22-13)14-23-16(28-24-14)17(19,20)21/h1-4,9H,5-8H2. The molecule has 1 aliphatic rings. The van der Waals surface area contributed by atoms with Crippen molar-refractivity contribution in [3.05, 3.63) is 45.6 Å². The van der Waals surface area contributed by atoms with Crippen molar-refractivity contribution in [3.63, 3.8) is 0 Å². The number of alkyl halides is 3. The van der Waals surface area contributed by atoms with Crippen LogP contribution in [0.3, 0.4) is 0 Å². The van der Waals surface area contributed by atoms with E-state index in [0.717, 1.165) is 0 Å². The average molecular weight is 444 g/mol. The Morgan fingerprint density at radius 1 is 1.14 bits per heavy atom. The number of rotatable bonds is 3. The summed E-state index contributed by atoms with van der Waals surface area (Å²) in [4.78, 5) is 24.5. The van der Waals surface area contributed by atoms with Gasteiger partial charge in [-0.3, -0.25) is 4.79 Å². The summed E-state index contributed by atoms with van der Waals surface area (Å²) >= 11 is 7.14. The number of thiophene rings is 1. The van der Waals surface area contributed by atoms with Gasteiger partial charge in [0.2, 0.25) is 5.82 Å². The fourth-order valence-corrected chi connectivity index (χ4v) is 3.90. The van der Waals surface area contributed by atoms with Gasteiger partial charge in [0.25, 0.3) is 5.91 Å². The number of halogens is 4. The minimum atomic E-state index is -4.69. The molecule has 29 heavy (non-hydrogen) atoms. The molecule has 4 rings (SSSR count). The first-order chi connectivity index (χ1) is 13.8. The van der Waals surface area contributed by atoms with Crippen LogP contribution in [0.4, 0.5) is 19.0 Å². The summed E-state index contributed by atoms with van der Waals surface area (Å²) in [6.45, 7) is 2.21. The first-order valence-electron chi connectivity index (χ1n) is 8.48. The third-order valence-corrected chi connectivity index (χ3v) is 5.57. The summed E-state index contributed by atoms with van der Waals surface area (Å²) < 4.78 is 42.5. The molecule has 1 fully saturated rings. The molecule has 0 bridgehead atoms. The number of carbonyl (C=O) groups is 1. The van der Waals surface area contributed by atoms with Gasteiger partial charge in [0, 0.05) is 37.9 Å². The second-order valence-corrected chi connectivity index (χ2v) is 7.92. The summed E-state index contributed by atoms with van der Waals surface area (Å²) in [6.07, 6.45) is -3.30. The van der Waals surface area contributed by atoms with Gasteiger partial charge < -0.3 is 14.3 Å². The van der Waals surface area contributed by atoms with Crippen molar-refractivity contribution >= 4 is 34.7 Å². The Kier molecular flexibility index (Phi) is 5.17. The van der Waals surface area contributed by atoms with Crippen LogP contribution in [0.1, 0.15) is 15.6 Å². The second-order valence-electron chi connectivity index (χ2n) is 6.21. The number of hydrogen-bond acceptors (Lipinski definition) is 7. The van der Waals surface area contributed by atoms with Gasteiger partial charge in [-0.1, -0.05) is 16.8 Å². The summed E-state index contributed by atoms with van der Waals surface area (Å²) in [6, 6.07) is 6.67. The maximum absolute atomic E-state index is 12.6. The lowest BCUT2D eigenvalue weighted by molar-refractivity contribution is -0.159. The van der Waals surface area contributed by atoms with Gasteiger partial charge in [-0.05, 0) is 24.3 Å².